The molecule has 1 aliphatic heterocycles. The topological polar surface area (TPSA) is 88.9 Å². The van der Waals surface area contributed by atoms with Crippen molar-refractivity contribution in [1.82, 2.24) is 14.7 Å². The normalized spacial score (nSPS) is 15.5. The molecule has 0 spiro atoms. The van der Waals surface area contributed by atoms with Crippen molar-refractivity contribution in [3.63, 3.8) is 0 Å². The number of piperazine rings is 1. The molecule has 1 saturated heterocycles. The standard InChI is InChI=1S/C24H31N5O4S/c1-5-32-16(3)29-23-19(15-20(34-23)24(31)33-6-2)21(26-29)25-22(30)17-7-9-18(10-8-17)28-13-11-27(4)12-14-28/h7-10,15-16H,5-6,11-14H2,1-4H3,(H,25,26,30). The van der Waals surface area contributed by atoms with Crippen molar-refractivity contribution in [2.45, 2.75) is 27.0 Å². The Labute approximate surface area is 203 Å². The molecule has 0 radical (unpaired) electrons. The van der Waals surface area contributed by atoms with Crippen LogP contribution in [0.1, 0.15) is 47.0 Å². The van der Waals surface area contributed by atoms with Gasteiger partial charge in [0.15, 0.2) is 5.82 Å². The summed E-state index contributed by atoms with van der Waals surface area (Å²) < 4.78 is 12.5. The van der Waals surface area contributed by atoms with Crippen LogP contribution in [-0.2, 0) is 9.47 Å². The van der Waals surface area contributed by atoms with E-state index in [1.807, 2.05) is 38.1 Å². The summed E-state index contributed by atoms with van der Waals surface area (Å²) in [6, 6.07) is 9.34. The van der Waals surface area contributed by atoms with E-state index in [2.05, 4.69) is 27.3 Å². The number of carbonyl (C=O) groups is 2. The van der Waals surface area contributed by atoms with E-state index in [0.29, 0.717) is 34.9 Å². The summed E-state index contributed by atoms with van der Waals surface area (Å²) in [5.74, 6) is -0.262. The van der Waals surface area contributed by atoms with Gasteiger partial charge in [-0.25, -0.2) is 9.48 Å². The summed E-state index contributed by atoms with van der Waals surface area (Å²) in [7, 11) is 2.13. The SMILES string of the molecule is CCOC(=O)c1cc2c(NC(=O)c3ccc(N4CCN(C)CC4)cc3)nn(C(C)OCC)c2s1. The summed E-state index contributed by atoms with van der Waals surface area (Å²) >= 11 is 1.27. The van der Waals surface area contributed by atoms with Crippen molar-refractivity contribution in [3.05, 3.63) is 40.8 Å². The number of hydrogen-bond acceptors (Lipinski definition) is 8. The lowest BCUT2D eigenvalue weighted by molar-refractivity contribution is 0.0197. The molecule has 182 valence electrons. The fourth-order valence-electron chi connectivity index (χ4n) is 3.95. The number of ether oxygens (including phenoxy) is 2. The van der Waals surface area contributed by atoms with Gasteiger partial charge in [-0.15, -0.1) is 11.3 Å². The van der Waals surface area contributed by atoms with E-state index in [1.54, 1.807) is 17.7 Å². The molecule has 1 amide bonds. The molecule has 2 aromatic heterocycles. The highest BCUT2D eigenvalue weighted by Crippen LogP contribution is 2.34. The van der Waals surface area contributed by atoms with Crippen LogP contribution in [0.4, 0.5) is 11.5 Å². The molecule has 10 heteroatoms. The zero-order chi connectivity index (χ0) is 24.2. The van der Waals surface area contributed by atoms with E-state index >= 15 is 0 Å². The lowest BCUT2D eigenvalue weighted by Crippen LogP contribution is -2.44. The average Bonchev–Trinajstić information content (AvgIpc) is 3.41. The van der Waals surface area contributed by atoms with Crippen molar-refractivity contribution in [2.24, 2.45) is 0 Å². The first-order chi connectivity index (χ1) is 16.4. The molecule has 3 aromatic rings. The third kappa shape index (κ3) is 5.08. The number of carbonyl (C=O) groups excluding carboxylic acids is 2. The van der Waals surface area contributed by atoms with Crippen LogP contribution in [0.5, 0.6) is 0 Å². The highest BCUT2D eigenvalue weighted by atomic mass is 32.1. The van der Waals surface area contributed by atoms with Crippen LogP contribution >= 0.6 is 11.3 Å². The molecule has 3 heterocycles. The van der Waals surface area contributed by atoms with Gasteiger partial charge in [-0.3, -0.25) is 4.79 Å². The number of likely N-dealkylation sites (N-methyl/N-ethyl adjacent to an activating group) is 1. The number of amides is 1. The summed E-state index contributed by atoms with van der Waals surface area (Å²) in [4.78, 5) is 31.2. The minimum absolute atomic E-state index is 0.260. The van der Waals surface area contributed by atoms with Crippen LogP contribution in [-0.4, -0.2) is 73.0 Å². The Kier molecular flexibility index (Phi) is 7.50. The molecule has 0 saturated carbocycles. The van der Waals surface area contributed by atoms with Crippen LogP contribution in [0.3, 0.4) is 0 Å². The van der Waals surface area contributed by atoms with E-state index in [-0.39, 0.29) is 12.1 Å². The average molecular weight is 486 g/mol. The van der Waals surface area contributed by atoms with E-state index < -0.39 is 5.97 Å². The first kappa shape index (κ1) is 24.2. The summed E-state index contributed by atoms with van der Waals surface area (Å²) in [5.41, 5.74) is 1.65. The molecule has 0 bridgehead atoms. The quantitative estimate of drug-likeness (QED) is 0.485. The molecule has 1 aromatic carbocycles. The summed E-state index contributed by atoms with van der Waals surface area (Å²) in [6.45, 7) is 10.3. The number of fused-ring (bicyclic) bond motifs is 1. The maximum absolute atomic E-state index is 13.0. The van der Waals surface area contributed by atoms with Crippen LogP contribution in [0.2, 0.25) is 0 Å². The second-order valence-electron chi connectivity index (χ2n) is 8.19. The molecule has 0 aliphatic carbocycles. The van der Waals surface area contributed by atoms with Crippen molar-refractivity contribution >= 4 is 44.9 Å². The molecule has 1 aliphatic rings. The minimum Gasteiger partial charge on any atom is -0.462 e. The lowest BCUT2D eigenvalue weighted by atomic mass is 10.1. The number of nitrogens with one attached hydrogen (secondary N) is 1. The van der Waals surface area contributed by atoms with Crippen LogP contribution in [0.25, 0.3) is 10.2 Å². The predicted molar refractivity (Wildman–Crippen MR) is 134 cm³/mol. The first-order valence-electron chi connectivity index (χ1n) is 11.6. The van der Waals surface area contributed by atoms with E-state index in [0.717, 1.165) is 36.7 Å². The number of esters is 1. The van der Waals surface area contributed by atoms with E-state index in [9.17, 15) is 9.59 Å². The number of anilines is 2. The smallest absolute Gasteiger partial charge is 0.348 e. The Morgan fingerprint density at radius 3 is 2.47 bits per heavy atom. The Bertz CT molecular complexity index is 1150. The van der Waals surface area contributed by atoms with Crippen LogP contribution in [0.15, 0.2) is 30.3 Å². The molecular weight excluding hydrogens is 454 g/mol. The fraction of sp³-hybridized carbons (Fsp3) is 0.458. The molecule has 1 unspecified atom stereocenters. The van der Waals surface area contributed by atoms with E-state index in [1.165, 1.54) is 11.3 Å². The fourth-order valence-corrected chi connectivity index (χ4v) is 5.03. The van der Waals surface area contributed by atoms with E-state index in [4.69, 9.17) is 9.47 Å². The van der Waals surface area contributed by atoms with Gasteiger partial charge >= 0.3 is 5.97 Å². The molecular formula is C24H31N5O4S. The highest BCUT2D eigenvalue weighted by molar-refractivity contribution is 7.20. The van der Waals surface area contributed by atoms with Gasteiger partial charge in [-0.05, 0) is 58.2 Å². The Hall–Kier alpha value is -2.95. The molecule has 1 N–H and O–H groups in total. The monoisotopic (exact) mass is 485 g/mol. The number of rotatable bonds is 8. The van der Waals surface area contributed by atoms with Crippen molar-refractivity contribution in [3.8, 4) is 0 Å². The lowest BCUT2D eigenvalue weighted by Gasteiger charge is -2.34. The zero-order valence-electron chi connectivity index (χ0n) is 20.0. The Balaban J connectivity index is 1.56. The van der Waals surface area contributed by atoms with Gasteiger partial charge in [-0.1, -0.05) is 0 Å². The number of nitrogens with zero attached hydrogens (tertiary/aromatic N) is 4. The Morgan fingerprint density at radius 1 is 1.12 bits per heavy atom. The maximum atomic E-state index is 13.0. The third-order valence-electron chi connectivity index (χ3n) is 5.84. The Morgan fingerprint density at radius 2 is 1.82 bits per heavy atom. The van der Waals surface area contributed by atoms with Gasteiger partial charge in [-0.2, -0.15) is 5.10 Å². The number of thiophene rings is 1. The zero-order valence-corrected chi connectivity index (χ0v) is 20.9. The van der Waals surface area contributed by atoms with Gasteiger partial charge in [0.1, 0.15) is 15.9 Å². The second-order valence-corrected chi connectivity index (χ2v) is 9.22. The van der Waals surface area contributed by atoms with Crippen molar-refractivity contribution in [1.29, 1.82) is 0 Å². The molecule has 1 atom stereocenters. The predicted octanol–water partition coefficient (Wildman–Crippen LogP) is 3.83. The number of hydrogen-bond donors (Lipinski definition) is 1. The minimum atomic E-state index is -0.393. The summed E-state index contributed by atoms with van der Waals surface area (Å²) in [6.07, 6.45) is -0.352. The largest absolute Gasteiger partial charge is 0.462 e. The van der Waals surface area contributed by atoms with Crippen LogP contribution in [0, 0.1) is 0 Å². The maximum Gasteiger partial charge on any atom is 0.348 e. The number of aromatic nitrogens is 2. The molecule has 34 heavy (non-hydrogen) atoms. The van der Waals surface area contributed by atoms with Crippen molar-refractivity contribution < 1.29 is 19.1 Å². The molecule has 1 fully saturated rings. The summed E-state index contributed by atoms with van der Waals surface area (Å²) in [5, 5.41) is 8.18. The molecule has 9 nitrogen and oxygen atoms in total. The van der Waals surface area contributed by atoms with Gasteiger partial charge < -0.3 is 24.6 Å². The molecule has 4 rings (SSSR count). The van der Waals surface area contributed by atoms with Crippen molar-refractivity contribution in [2.75, 3.05) is 56.7 Å². The van der Waals surface area contributed by atoms with Gasteiger partial charge in [0.05, 0.1) is 12.0 Å². The van der Waals surface area contributed by atoms with Crippen LogP contribution < -0.4 is 10.2 Å². The highest BCUT2D eigenvalue weighted by Gasteiger charge is 2.23. The first-order valence-corrected chi connectivity index (χ1v) is 12.4. The van der Waals surface area contributed by atoms with Gasteiger partial charge in [0.25, 0.3) is 5.91 Å². The number of benzene rings is 1. The van der Waals surface area contributed by atoms with Gasteiger partial charge in [0.2, 0.25) is 0 Å². The second kappa shape index (κ2) is 10.5. The third-order valence-corrected chi connectivity index (χ3v) is 6.95. The van der Waals surface area contributed by atoms with Gasteiger partial charge in [0, 0.05) is 44.0 Å².